The van der Waals surface area contributed by atoms with Crippen molar-refractivity contribution in [2.45, 2.75) is 9.79 Å². The van der Waals surface area contributed by atoms with Gasteiger partial charge in [0.05, 0.1) is 11.4 Å². The first kappa shape index (κ1) is 22.8. The molecule has 7 heteroatoms. The molecule has 160 valence electrons. The predicted octanol–water partition coefficient (Wildman–Crippen LogP) is 8.41. The highest BCUT2D eigenvalue weighted by molar-refractivity contribution is 7.99. The van der Waals surface area contributed by atoms with E-state index in [0.717, 1.165) is 32.0 Å². The standard InChI is InChI=1S/C26H14Cl2N2O2S/c27-17-9-11-23(29-15-31)21(13-17)19-5-1-3-7-25(19)33-26-8-4-2-6-20(26)22-14-18(28)10-12-24(22)30-16-32/h1-14H. The van der Waals surface area contributed by atoms with Gasteiger partial charge >= 0.3 is 0 Å². The van der Waals surface area contributed by atoms with Crippen molar-refractivity contribution < 1.29 is 9.59 Å². The summed E-state index contributed by atoms with van der Waals surface area (Å²) >= 11 is 14.0. The zero-order chi connectivity index (χ0) is 23.2. The topological polar surface area (TPSA) is 58.9 Å². The highest BCUT2D eigenvalue weighted by Gasteiger charge is 2.15. The van der Waals surface area contributed by atoms with Crippen LogP contribution in [0.2, 0.25) is 10.0 Å². The Morgan fingerprint density at radius 3 is 1.42 bits per heavy atom. The second-order valence-corrected chi connectivity index (χ2v) is 8.78. The lowest BCUT2D eigenvalue weighted by molar-refractivity contribution is 0.564. The number of nitrogens with zero attached hydrogens (tertiary/aromatic N) is 2. The van der Waals surface area contributed by atoms with Crippen LogP contribution >= 0.6 is 35.0 Å². The molecule has 0 heterocycles. The van der Waals surface area contributed by atoms with Crippen molar-refractivity contribution in [1.29, 1.82) is 0 Å². The molecule has 0 radical (unpaired) electrons. The van der Waals surface area contributed by atoms with Crippen molar-refractivity contribution in [3.05, 3.63) is 95.0 Å². The summed E-state index contributed by atoms with van der Waals surface area (Å²) in [6, 6.07) is 25.8. The first-order chi connectivity index (χ1) is 16.1. The number of hydrogen-bond donors (Lipinski definition) is 0. The minimum Gasteiger partial charge on any atom is -0.211 e. The fourth-order valence-electron chi connectivity index (χ4n) is 3.42. The molecule has 0 aromatic heterocycles. The number of rotatable bonds is 6. The van der Waals surface area contributed by atoms with Gasteiger partial charge < -0.3 is 0 Å². The molecule has 0 amide bonds. The molecule has 4 nitrogen and oxygen atoms in total. The molecule has 0 N–H and O–H groups in total. The van der Waals surface area contributed by atoms with Crippen LogP contribution in [0.1, 0.15) is 0 Å². The number of carbonyl (C=O) groups excluding carboxylic acids is 2. The normalized spacial score (nSPS) is 10.2. The van der Waals surface area contributed by atoms with E-state index in [9.17, 15) is 9.59 Å². The Bertz CT molecular complexity index is 1330. The van der Waals surface area contributed by atoms with Crippen LogP contribution in [0.25, 0.3) is 22.3 Å². The summed E-state index contributed by atoms with van der Waals surface area (Å²) < 4.78 is 0. The maximum Gasteiger partial charge on any atom is 0.240 e. The summed E-state index contributed by atoms with van der Waals surface area (Å²) in [5, 5.41) is 1.07. The van der Waals surface area contributed by atoms with Crippen LogP contribution in [0.4, 0.5) is 11.4 Å². The summed E-state index contributed by atoms with van der Waals surface area (Å²) in [4.78, 5) is 31.5. The molecule has 0 unspecified atom stereocenters. The highest BCUT2D eigenvalue weighted by atomic mass is 35.5. The molecule has 0 aliphatic rings. The number of halogens is 2. The lowest BCUT2D eigenvalue weighted by Gasteiger charge is -2.15. The third-order valence-corrected chi connectivity index (χ3v) is 6.45. The number of benzene rings is 4. The first-order valence-electron chi connectivity index (χ1n) is 9.72. The van der Waals surface area contributed by atoms with Gasteiger partial charge in [-0.15, -0.1) is 0 Å². The average Bonchev–Trinajstić information content (AvgIpc) is 2.82. The molecule has 0 aliphatic carbocycles. The summed E-state index contributed by atoms with van der Waals surface area (Å²) in [5.41, 5.74) is 4.14. The zero-order valence-electron chi connectivity index (χ0n) is 17.0. The first-order valence-corrected chi connectivity index (χ1v) is 11.3. The van der Waals surface area contributed by atoms with E-state index in [1.807, 2.05) is 48.5 Å². The van der Waals surface area contributed by atoms with Crippen LogP contribution in [0.15, 0.2) is 105 Å². The van der Waals surface area contributed by atoms with Gasteiger partial charge in [0.1, 0.15) is 0 Å². The molecule has 0 atom stereocenters. The number of aliphatic imine (C=N–C) groups is 2. The third-order valence-electron chi connectivity index (χ3n) is 4.82. The van der Waals surface area contributed by atoms with Gasteiger partial charge in [-0.05, 0) is 59.7 Å². The second-order valence-electron chi connectivity index (χ2n) is 6.82. The van der Waals surface area contributed by atoms with Crippen LogP contribution in [0.5, 0.6) is 0 Å². The van der Waals surface area contributed by atoms with Crippen LogP contribution in [0.3, 0.4) is 0 Å². The van der Waals surface area contributed by atoms with Crippen molar-refractivity contribution in [3.8, 4) is 22.3 Å². The minimum atomic E-state index is 0.480. The molecule has 33 heavy (non-hydrogen) atoms. The molecular formula is C26H14Cl2N2O2S. The van der Waals surface area contributed by atoms with Crippen molar-refractivity contribution in [1.82, 2.24) is 0 Å². The molecule has 0 spiro atoms. The van der Waals surface area contributed by atoms with E-state index in [1.54, 1.807) is 48.6 Å². The monoisotopic (exact) mass is 488 g/mol. The quantitative estimate of drug-likeness (QED) is 0.202. The fourth-order valence-corrected chi connectivity index (χ4v) is 4.87. The Morgan fingerprint density at radius 2 is 1.00 bits per heavy atom. The van der Waals surface area contributed by atoms with Crippen molar-refractivity contribution in [3.63, 3.8) is 0 Å². The van der Waals surface area contributed by atoms with Gasteiger partial charge in [0.2, 0.25) is 12.2 Å². The average molecular weight is 489 g/mol. The van der Waals surface area contributed by atoms with Gasteiger partial charge in [0.15, 0.2) is 0 Å². The smallest absolute Gasteiger partial charge is 0.211 e. The van der Waals surface area contributed by atoms with Gasteiger partial charge in [-0.25, -0.2) is 9.59 Å². The summed E-state index contributed by atoms with van der Waals surface area (Å²) in [5.74, 6) is 0. The molecule has 0 aliphatic heterocycles. The Balaban J connectivity index is 1.86. The van der Waals surface area contributed by atoms with E-state index in [-0.39, 0.29) is 0 Å². The predicted molar refractivity (Wildman–Crippen MR) is 133 cm³/mol. The van der Waals surface area contributed by atoms with Crippen LogP contribution in [0, 0.1) is 0 Å². The van der Waals surface area contributed by atoms with Crippen LogP contribution in [-0.2, 0) is 9.59 Å². The molecular weight excluding hydrogens is 475 g/mol. The van der Waals surface area contributed by atoms with Crippen molar-refractivity contribution >= 4 is 58.5 Å². The van der Waals surface area contributed by atoms with Gasteiger partial charge in [-0.2, -0.15) is 9.98 Å². The molecule has 4 aromatic rings. The Kier molecular flexibility index (Phi) is 7.21. The zero-order valence-corrected chi connectivity index (χ0v) is 19.3. The Morgan fingerprint density at radius 1 is 0.576 bits per heavy atom. The maximum absolute atomic E-state index is 11.0. The Hall–Kier alpha value is -3.43. The van der Waals surface area contributed by atoms with E-state index in [1.165, 1.54) is 11.8 Å². The molecule has 4 rings (SSSR count). The van der Waals surface area contributed by atoms with E-state index >= 15 is 0 Å². The maximum atomic E-state index is 11.0. The molecule has 0 saturated carbocycles. The van der Waals surface area contributed by atoms with Gasteiger partial charge in [-0.3, -0.25) is 0 Å². The second kappa shape index (κ2) is 10.5. The third kappa shape index (κ3) is 5.15. The summed E-state index contributed by atoms with van der Waals surface area (Å²) in [7, 11) is 0. The lowest BCUT2D eigenvalue weighted by Crippen LogP contribution is -1.87. The lowest BCUT2D eigenvalue weighted by atomic mass is 10.0. The van der Waals surface area contributed by atoms with E-state index in [2.05, 4.69) is 9.98 Å². The van der Waals surface area contributed by atoms with Crippen molar-refractivity contribution in [2.24, 2.45) is 9.98 Å². The van der Waals surface area contributed by atoms with Gasteiger partial charge in [0, 0.05) is 31.0 Å². The highest BCUT2D eigenvalue weighted by Crippen LogP contribution is 2.45. The van der Waals surface area contributed by atoms with Crippen molar-refractivity contribution in [2.75, 3.05) is 0 Å². The van der Waals surface area contributed by atoms with Crippen LogP contribution in [-0.4, -0.2) is 12.2 Å². The number of hydrogen-bond acceptors (Lipinski definition) is 5. The van der Waals surface area contributed by atoms with E-state index < -0.39 is 0 Å². The largest absolute Gasteiger partial charge is 0.240 e. The Labute approximate surface area is 204 Å². The molecule has 0 bridgehead atoms. The van der Waals surface area contributed by atoms with E-state index in [4.69, 9.17) is 23.2 Å². The SMILES string of the molecule is O=C=Nc1ccc(Cl)cc1-c1ccccc1Sc1ccccc1-c1cc(Cl)ccc1N=C=O. The van der Waals surface area contributed by atoms with Gasteiger partial charge in [0.25, 0.3) is 0 Å². The molecule has 4 aromatic carbocycles. The van der Waals surface area contributed by atoms with Gasteiger partial charge in [-0.1, -0.05) is 71.4 Å². The van der Waals surface area contributed by atoms with Crippen LogP contribution < -0.4 is 0 Å². The number of isocyanates is 2. The molecule has 0 saturated heterocycles. The minimum absolute atomic E-state index is 0.480. The van der Waals surface area contributed by atoms with E-state index in [0.29, 0.717) is 21.4 Å². The molecule has 0 fully saturated rings. The fraction of sp³-hybridized carbons (Fsp3) is 0. The summed E-state index contributed by atoms with van der Waals surface area (Å²) in [6.07, 6.45) is 3.22. The summed E-state index contributed by atoms with van der Waals surface area (Å²) in [6.45, 7) is 0.